The largest absolute Gasteiger partial charge is 0.316 e. The number of amides is 1. The molecule has 1 aliphatic rings. The molecule has 1 amide bonds. The molecule has 1 fully saturated rings. The lowest BCUT2D eigenvalue weighted by Crippen LogP contribution is -2.47. The summed E-state index contributed by atoms with van der Waals surface area (Å²) in [5.41, 5.74) is 3.53. The van der Waals surface area contributed by atoms with Crippen molar-refractivity contribution in [3.63, 3.8) is 0 Å². The predicted molar refractivity (Wildman–Crippen MR) is 79.5 cm³/mol. The Labute approximate surface area is 116 Å². The van der Waals surface area contributed by atoms with Gasteiger partial charge in [0.1, 0.15) is 0 Å². The van der Waals surface area contributed by atoms with E-state index in [1.54, 1.807) is 0 Å². The molecule has 1 N–H and O–H groups in total. The summed E-state index contributed by atoms with van der Waals surface area (Å²) in [4.78, 5) is 14.4. The van der Waals surface area contributed by atoms with Crippen molar-refractivity contribution < 1.29 is 4.79 Å². The third kappa shape index (κ3) is 3.35. The van der Waals surface area contributed by atoms with Crippen LogP contribution in [0.4, 0.5) is 5.69 Å². The van der Waals surface area contributed by atoms with Crippen LogP contribution >= 0.6 is 0 Å². The first-order valence-electron chi connectivity index (χ1n) is 6.97. The average molecular weight is 260 g/mol. The summed E-state index contributed by atoms with van der Waals surface area (Å²) in [5.74, 6) is 0.217. The van der Waals surface area contributed by atoms with Gasteiger partial charge in [-0.3, -0.25) is 4.79 Å². The fourth-order valence-corrected chi connectivity index (χ4v) is 2.56. The quantitative estimate of drug-likeness (QED) is 0.842. The second-order valence-corrected chi connectivity index (χ2v) is 6.36. The van der Waals surface area contributed by atoms with Gasteiger partial charge in [-0.1, -0.05) is 26.0 Å². The summed E-state index contributed by atoms with van der Waals surface area (Å²) in [5, 5.41) is 3.36. The van der Waals surface area contributed by atoms with Gasteiger partial charge in [0.05, 0.1) is 0 Å². The van der Waals surface area contributed by atoms with Gasteiger partial charge in [0.25, 0.3) is 0 Å². The summed E-state index contributed by atoms with van der Waals surface area (Å²) in [6.45, 7) is 11.0. The van der Waals surface area contributed by atoms with E-state index < -0.39 is 0 Å². The Morgan fingerprint density at radius 1 is 1.26 bits per heavy atom. The maximum Gasteiger partial charge on any atom is 0.228 e. The van der Waals surface area contributed by atoms with Gasteiger partial charge in [0, 0.05) is 31.7 Å². The van der Waals surface area contributed by atoms with Crippen LogP contribution in [0.1, 0.15) is 31.4 Å². The third-order valence-corrected chi connectivity index (χ3v) is 3.66. The maximum absolute atomic E-state index is 12.4. The Morgan fingerprint density at radius 3 is 2.74 bits per heavy atom. The summed E-state index contributed by atoms with van der Waals surface area (Å²) in [7, 11) is 0. The first-order valence-corrected chi connectivity index (χ1v) is 6.97. The number of carbonyl (C=O) groups is 1. The second kappa shape index (κ2) is 5.33. The predicted octanol–water partition coefficient (Wildman–Crippen LogP) is 2.66. The van der Waals surface area contributed by atoms with Crippen LogP contribution in [0, 0.1) is 19.3 Å². The zero-order chi connectivity index (χ0) is 14.0. The van der Waals surface area contributed by atoms with E-state index in [1.165, 1.54) is 11.1 Å². The van der Waals surface area contributed by atoms with Crippen molar-refractivity contribution in [2.24, 2.45) is 5.41 Å². The fourth-order valence-electron chi connectivity index (χ4n) is 2.56. The molecule has 0 spiro atoms. The molecular formula is C16H24N2O. The minimum atomic E-state index is 0.0895. The molecule has 0 atom stereocenters. The minimum absolute atomic E-state index is 0.0895. The van der Waals surface area contributed by atoms with E-state index in [0.29, 0.717) is 6.42 Å². The highest BCUT2D eigenvalue weighted by Crippen LogP contribution is 2.27. The fraction of sp³-hybridized carbons (Fsp3) is 0.562. The highest BCUT2D eigenvalue weighted by atomic mass is 16.2. The lowest BCUT2D eigenvalue weighted by atomic mass is 9.91. The Hall–Kier alpha value is -1.35. The number of aryl methyl sites for hydroxylation is 2. The number of hydrogen-bond donors (Lipinski definition) is 1. The first-order chi connectivity index (χ1) is 8.89. The molecule has 0 bridgehead atoms. The lowest BCUT2D eigenvalue weighted by Gasteiger charge is -2.36. The molecule has 1 heterocycles. The minimum Gasteiger partial charge on any atom is -0.316 e. The van der Waals surface area contributed by atoms with E-state index in [2.05, 4.69) is 51.2 Å². The van der Waals surface area contributed by atoms with Gasteiger partial charge in [-0.25, -0.2) is 0 Å². The van der Waals surface area contributed by atoms with E-state index in [0.717, 1.165) is 25.3 Å². The zero-order valence-corrected chi connectivity index (χ0v) is 12.4. The summed E-state index contributed by atoms with van der Waals surface area (Å²) >= 11 is 0. The smallest absolute Gasteiger partial charge is 0.228 e. The number of nitrogens with one attached hydrogen (secondary N) is 1. The molecule has 0 aromatic heterocycles. The molecule has 3 heteroatoms. The number of anilines is 1. The van der Waals surface area contributed by atoms with Crippen LogP contribution in [0.25, 0.3) is 0 Å². The van der Waals surface area contributed by atoms with E-state index in [9.17, 15) is 4.79 Å². The average Bonchev–Trinajstić information content (AvgIpc) is 2.33. The SMILES string of the molecule is Cc1ccc(C)c(N2CC(C)(C)CNCCC2=O)c1. The molecule has 0 saturated carbocycles. The molecule has 1 saturated heterocycles. The molecule has 2 rings (SSSR count). The van der Waals surface area contributed by atoms with Crippen LogP contribution in [0.5, 0.6) is 0 Å². The van der Waals surface area contributed by atoms with Gasteiger partial charge >= 0.3 is 0 Å². The Bertz CT molecular complexity index is 480. The van der Waals surface area contributed by atoms with Crippen molar-refractivity contribution in [1.29, 1.82) is 0 Å². The molecule has 104 valence electrons. The molecule has 3 nitrogen and oxygen atoms in total. The topological polar surface area (TPSA) is 32.3 Å². The first kappa shape index (κ1) is 14.1. The molecule has 1 aromatic carbocycles. The Morgan fingerprint density at radius 2 is 2.00 bits per heavy atom. The van der Waals surface area contributed by atoms with Gasteiger partial charge in [-0.2, -0.15) is 0 Å². The highest BCUT2D eigenvalue weighted by molar-refractivity contribution is 5.94. The van der Waals surface area contributed by atoms with Gasteiger partial charge in [0.2, 0.25) is 5.91 Å². The second-order valence-electron chi connectivity index (χ2n) is 6.36. The molecule has 0 radical (unpaired) electrons. The molecular weight excluding hydrogens is 236 g/mol. The van der Waals surface area contributed by atoms with Crippen molar-refractivity contribution in [1.82, 2.24) is 5.32 Å². The van der Waals surface area contributed by atoms with Crippen molar-refractivity contribution in [3.05, 3.63) is 29.3 Å². The Balaban J connectivity index is 2.37. The van der Waals surface area contributed by atoms with Crippen LogP contribution in [0.2, 0.25) is 0 Å². The van der Waals surface area contributed by atoms with Crippen molar-refractivity contribution in [2.75, 3.05) is 24.5 Å². The van der Waals surface area contributed by atoms with E-state index in [1.807, 2.05) is 4.90 Å². The van der Waals surface area contributed by atoms with Crippen LogP contribution in [-0.2, 0) is 4.79 Å². The third-order valence-electron chi connectivity index (χ3n) is 3.66. The van der Waals surface area contributed by atoms with Gasteiger partial charge in [0.15, 0.2) is 0 Å². The number of hydrogen-bond acceptors (Lipinski definition) is 2. The number of nitrogens with zero attached hydrogens (tertiary/aromatic N) is 1. The van der Waals surface area contributed by atoms with Gasteiger partial charge in [-0.15, -0.1) is 0 Å². The normalized spacial score (nSPS) is 20.0. The number of rotatable bonds is 1. The van der Waals surface area contributed by atoms with Gasteiger partial charge in [-0.05, 0) is 36.5 Å². The summed E-state index contributed by atoms with van der Waals surface area (Å²) in [6.07, 6.45) is 0.573. The summed E-state index contributed by atoms with van der Waals surface area (Å²) < 4.78 is 0. The summed E-state index contributed by atoms with van der Waals surface area (Å²) in [6, 6.07) is 6.32. The zero-order valence-electron chi connectivity index (χ0n) is 12.4. The van der Waals surface area contributed by atoms with Crippen LogP contribution in [0.15, 0.2) is 18.2 Å². The van der Waals surface area contributed by atoms with E-state index in [-0.39, 0.29) is 11.3 Å². The standard InChI is InChI=1S/C16H24N2O/c1-12-5-6-13(2)14(9-12)18-11-16(3,4)10-17-8-7-15(18)19/h5-6,9,17H,7-8,10-11H2,1-4H3. The lowest BCUT2D eigenvalue weighted by molar-refractivity contribution is -0.119. The molecule has 1 aromatic rings. The van der Waals surface area contributed by atoms with Crippen molar-refractivity contribution >= 4 is 11.6 Å². The van der Waals surface area contributed by atoms with Crippen molar-refractivity contribution in [2.45, 2.75) is 34.1 Å². The van der Waals surface area contributed by atoms with Crippen LogP contribution in [-0.4, -0.2) is 25.5 Å². The van der Waals surface area contributed by atoms with Crippen LogP contribution in [0.3, 0.4) is 0 Å². The monoisotopic (exact) mass is 260 g/mol. The van der Waals surface area contributed by atoms with Crippen LogP contribution < -0.4 is 10.2 Å². The van der Waals surface area contributed by atoms with Gasteiger partial charge < -0.3 is 10.2 Å². The molecule has 19 heavy (non-hydrogen) atoms. The molecule has 0 unspecified atom stereocenters. The number of benzene rings is 1. The maximum atomic E-state index is 12.4. The Kier molecular flexibility index (Phi) is 3.95. The molecule has 0 aliphatic carbocycles. The van der Waals surface area contributed by atoms with E-state index in [4.69, 9.17) is 0 Å². The highest BCUT2D eigenvalue weighted by Gasteiger charge is 2.28. The van der Waals surface area contributed by atoms with Crippen molar-refractivity contribution in [3.8, 4) is 0 Å². The number of carbonyl (C=O) groups excluding carboxylic acids is 1. The van der Waals surface area contributed by atoms with E-state index >= 15 is 0 Å². The molecule has 1 aliphatic heterocycles.